The van der Waals surface area contributed by atoms with E-state index in [0.29, 0.717) is 11.6 Å². The Morgan fingerprint density at radius 1 is 1.17 bits per heavy atom. The van der Waals surface area contributed by atoms with E-state index in [1.165, 1.54) is 19.3 Å². The van der Waals surface area contributed by atoms with Gasteiger partial charge in [0.05, 0.1) is 0 Å². The van der Waals surface area contributed by atoms with Gasteiger partial charge in [-0.1, -0.05) is 38.8 Å². The summed E-state index contributed by atoms with van der Waals surface area (Å²) in [6.07, 6.45) is 3.73. The summed E-state index contributed by atoms with van der Waals surface area (Å²) in [7, 11) is 0. The van der Waals surface area contributed by atoms with Crippen LogP contribution >= 0.6 is 0 Å². The SMILES string of the molecule is Cc1ccc(CNC(C)CCCC(C)C)cc1F. The Morgan fingerprint density at radius 2 is 1.89 bits per heavy atom. The van der Waals surface area contributed by atoms with Gasteiger partial charge in [0, 0.05) is 12.6 Å². The minimum Gasteiger partial charge on any atom is -0.310 e. The first-order chi connectivity index (χ1) is 8.49. The van der Waals surface area contributed by atoms with Crippen molar-refractivity contribution in [3.63, 3.8) is 0 Å². The highest BCUT2D eigenvalue weighted by Gasteiger charge is 2.04. The fourth-order valence-corrected chi connectivity index (χ4v) is 1.97. The Balaban J connectivity index is 2.29. The Bertz CT molecular complexity index is 360. The molecule has 0 bridgehead atoms. The van der Waals surface area contributed by atoms with Crippen LogP contribution in [0.5, 0.6) is 0 Å². The highest BCUT2D eigenvalue weighted by atomic mass is 19.1. The van der Waals surface area contributed by atoms with Crippen LogP contribution in [-0.2, 0) is 6.54 Å². The maximum atomic E-state index is 13.4. The van der Waals surface area contributed by atoms with E-state index in [1.54, 1.807) is 13.0 Å². The molecule has 1 unspecified atom stereocenters. The summed E-state index contributed by atoms with van der Waals surface area (Å²) in [6.45, 7) is 9.26. The quantitative estimate of drug-likeness (QED) is 0.755. The summed E-state index contributed by atoms with van der Waals surface area (Å²) in [6, 6.07) is 5.96. The van der Waals surface area contributed by atoms with Crippen molar-refractivity contribution >= 4 is 0 Å². The summed E-state index contributed by atoms with van der Waals surface area (Å²) in [4.78, 5) is 0. The number of hydrogen-bond donors (Lipinski definition) is 1. The van der Waals surface area contributed by atoms with Crippen LogP contribution < -0.4 is 5.32 Å². The summed E-state index contributed by atoms with van der Waals surface area (Å²) < 4.78 is 13.4. The molecule has 0 spiro atoms. The molecule has 0 fully saturated rings. The molecular formula is C16H26FN. The zero-order chi connectivity index (χ0) is 13.5. The topological polar surface area (TPSA) is 12.0 Å². The summed E-state index contributed by atoms with van der Waals surface area (Å²) in [5.41, 5.74) is 1.73. The molecule has 1 aromatic rings. The van der Waals surface area contributed by atoms with Crippen molar-refractivity contribution in [1.29, 1.82) is 0 Å². The monoisotopic (exact) mass is 251 g/mol. The number of aryl methyl sites for hydroxylation is 1. The molecule has 0 aliphatic rings. The Hall–Kier alpha value is -0.890. The summed E-state index contributed by atoms with van der Waals surface area (Å²) in [5, 5.41) is 3.45. The smallest absolute Gasteiger partial charge is 0.126 e. The van der Waals surface area contributed by atoms with Crippen LogP contribution in [0.1, 0.15) is 51.2 Å². The standard InChI is InChI=1S/C16H26FN/c1-12(2)6-5-7-14(4)18-11-15-9-8-13(3)16(17)10-15/h8-10,12,14,18H,5-7,11H2,1-4H3. The van der Waals surface area contributed by atoms with Gasteiger partial charge in [0.1, 0.15) is 5.82 Å². The first kappa shape index (κ1) is 15.2. The van der Waals surface area contributed by atoms with Gasteiger partial charge in [0.15, 0.2) is 0 Å². The van der Waals surface area contributed by atoms with Crippen LogP contribution in [0.2, 0.25) is 0 Å². The fraction of sp³-hybridized carbons (Fsp3) is 0.625. The van der Waals surface area contributed by atoms with Gasteiger partial charge in [-0.15, -0.1) is 0 Å². The van der Waals surface area contributed by atoms with Crippen molar-refractivity contribution in [3.05, 3.63) is 35.1 Å². The highest BCUT2D eigenvalue weighted by Crippen LogP contribution is 2.11. The molecule has 1 nitrogen and oxygen atoms in total. The third kappa shape index (κ3) is 5.63. The average Bonchev–Trinajstić information content (AvgIpc) is 2.30. The van der Waals surface area contributed by atoms with Crippen molar-refractivity contribution in [1.82, 2.24) is 5.32 Å². The number of rotatable bonds is 7. The summed E-state index contributed by atoms with van der Waals surface area (Å²) >= 11 is 0. The molecule has 1 aromatic carbocycles. The van der Waals surface area contributed by atoms with Crippen LogP contribution in [0.25, 0.3) is 0 Å². The molecule has 1 rings (SSSR count). The van der Waals surface area contributed by atoms with Gasteiger partial charge >= 0.3 is 0 Å². The minimum atomic E-state index is -0.109. The van der Waals surface area contributed by atoms with Crippen molar-refractivity contribution < 1.29 is 4.39 Å². The van der Waals surface area contributed by atoms with Gasteiger partial charge < -0.3 is 5.32 Å². The third-order valence-corrected chi connectivity index (χ3v) is 3.31. The molecule has 0 aliphatic heterocycles. The molecule has 0 amide bonds. The highest BCUT2D eigenvalue weighted by molar-refractivity contribution is 5.23. The molecule has 0 radical (unpaired) electrons. The lowest BCUT2D eigenvalue weighted by Gasteiger charge is -2.14. The Morgan fingerprint density at radius 3 is 2.50 bits per heavy atom. The zero-order valence-corrected chi connectivity index (χ0v) is 12.1. The van der Waals surface area contributed by atoms with Crippen LogP contribution in [0.3, 0.4) is 0 Å². The van der Waals surface area contributed by atoms with Crippen molar-refractivity contribution in [2.45, 2.75) is 59.5 Å². The normalized spacial score (nSPS) is 13.0. The van der Waals surface area contributed by atoms with E-state index in [-0.39, 0.29) is 5.82 Å². The lowest BCUT2D eigenvalue weighted by atomic mass is 10.0. The van der Waals surface area contributed by atoms with E-state index in [1.807, 2.05) is 12.1 Å². The molecule has 0 aromatic heterocycles. The first-order valence-electron chi connectivity index (χ1n) is 6.97. The second-order valence-corrected chi connectivity index (χ2v) is 5.69. The predicted octanol–water partition coefficient (Wildman–Crippen LogP) is 4.44. The average molecular weight is 251 g/mol. The number of nitrogens with one attached hydrogen (secondary N) is 1. The molecule has 1 atom stereocenters. The number of hydrogen-bond acceptors (Lipinski definition) is 1. The summed E-state index contributed by atoms with van der Waals surface area (Å²) in [5.74, 6) is 0.671. The maximum Gasteiger partial charge on any atom is 0.126 e. The predicted molar refractivity (Wildman–Crippen MR) is 76.1 cm³/mol. The van der Waals surface area contributed by atoms with Gasteiger partial charge in [-0.3, -0.25) is 0 Å². The number of halogens is 1. The lowest BCUT2D eigenvalue weighted by molar-refractivity contribution is 0.456. The molecular weight excluding hydrogens is 225 g/mol. The molecule has 2 heteroatoms. The van der Waals surface area contributed by atoms with Crippen LogP contribution in [0, 0.1) is 18.7 Å². The van der Waals surface area contributed by atoms with Gasteiger partial charge in [-0.2, -0.15) is 0 Å². The Kier molecular flexibility index (Phi) is 6.34. The van der Waals surface area contributed by atoms with E-state index >= 15 is 0 Å². The van der Waals surface area contributed by atoms with E-state index in [4.69, 9.17) is 0 Å². The molecule has 0 saturated heterocycles. The molecule has 0 saturated carbocycles. The Labute approximate surface area is 111 Å². The van der Waals surface area contributed by atoms with Gasteiger partial charge in [0.25, 0.3) is 0 Å². The van der Waals surface area contributed by atoms with Crippen LogP contribution in [0.15, 0.2) is 18.2 Å². The first-order valence-corrected chi connectivity index (χ1v) is 6.97. The van der Waals surface area contributed by atoms with E-state index < -0.39 is 0 Å². The van der Waals surface area contributed by atoms with E-state index in [9.17, 15) is 4.39 Å². The maximum absolute atomic E-state index is 13.4. The minimum absolute atomic E-state index is 0.109. The lowest BCUT2D eigenvalue weighted by Crippen LogP contribution is -2.25. The van der Waals surface area contributed by atoms with Gasteiger partial charge in [-0.05, 0) is 43.4 Å². The third-order valence-electron chi connectivity index (χ3n) is 3.31. The largest absolute Gasteiger partial charge is 0.310 e. The fourth-order valence-electron chi connectivity index (χ4n) is 1.97. The van der Waals surface area contributed by atoms with E-state index in [2.05, 4.69) is 26.1 Å². The van der Waals surface area contributed by atoms with E-state index in [0.717, 1.165) is 18.0 Å². The molecule has 0 heterocycles. The molecule has 0 aliphatic carbocycles. The van der Waals surface area contributed by atoms with Crippen LogP contribution in [-0.4, -0.2) is 6.04 Å². The van der Waals surface area contributed by atoms with Crippen LogP contribution in [0.4, 0.5) is 4.39 Å². The van der Waals surface area contributed by atoms with Gasteiger partial charge in [0.2, 0.25) is 0 Å². The van der Waals surface area contributed by atoms with Crippen molar-refractivity contribution in [3.8, 4) is 0 Å². The van der Waals surface area contributed by atoms with Gasteiger partial charge in [-0.25, -0.2) is 4.39 Å². The second kappa shape index (κ2) is 7.52. The second-order valence-electron chi connectivity index (χ2n) is 5.69. The van der Waals surface area contributed by atoms with Crippen molar-refractivity contribution in [2.24, 2.45) is 5.92 Å². The molecule has 1 N–H and O–H groups in total. The van der Waals surface area contributed by atoms with Crippen molar-refractivity contribution in [2.75, 3.05) is 0 Å². The molecule has 102 valence electrons. The zero-order valence-electron chi connectivity index (χ0n) is 12.1. The molecule has 18 heavy (non-hydrogen) atoms. The number of benzene rings is 1.